The average Bonchev–Trinajstić information content (AvgIpc) is 3.28. The number of hydrogen-bond donors (Lipinski definition) is 4. The standard InChI is InChI=1S/C17H20N4O6S2/c1-4-9(10-5-8(6-27-10)7(2)3)19-11-12(14(23)13(11)22)20-16-15(24)17(28-21-16)29(18,25)26/h5-7,9,19,24H,4H2,1-3H3,(H,20,21)(H2,18,25,26)/t9-/m1/s1. The van der Waals surface area contributed by atoms with Crippen LogP contribution in [0.2, 0.25) is 0 Å². The normalized spacial score (nSPS) is 13.1. The molecule has 10 nitrogen and oxygen atoms in total. The molecule has 156 valence electrons. The zero-order chi connectivity index (χ0) is 21.5. The number of furan rings is 1. The fourth-order valence-electron chi connectivity index (χ4n) is 2.71. The van der Waals surface area contributed by atoms with Crippen LogP contribution in [0.15, 0.2) is 30.5 Å². The second-order valence-corrected chi connectivity index (χ2v) is 9.32. The van der Waals surface area contributed by atoms with Gasteiger partial charge in [-0.25, -0.2) is 13.6 Å². The summed E-state index contributed by atoms with van der Waals surface area (Å²) in [5.74, 6) is -0.101. The Labute approximate surface area is 170 Å². The highest BCUT2D eigenvalue weighted by Crippen LogP contribution is 2.36. The Bertz CT molecular complexity index is 1220. The summed E-state index contributed by atoms with van der Waals surface area (Å²) in [6.07, 6.45) is 2.22. The smallest absolute Gasteiger partial charge is 0.253 e. The van der Waals surface area contributed by atoms with E-state index in [1.54, 1.807) is 6.26 Å². The molecule has 1 aromatic carbocycles. The largest absolute Gasteiger partial charge is 0.503 e. The summed E-state index contributed by atoms with van der Waals surface area (Å²) in [6.45, 7) is 5.94. The number of nitrogens with zero attached hydrogens (tertiary/aromatic N) is 1. The van der Waals surface area contributed by atoms with E-state index < -0.39 is 30.8 Å². The van der Waals surface area contributed by atoms with E-state index >= 15 is 0 Å². The lowest BCUT2D eigenvalue weighted by atomic mass is 10.0. The quantitative estimate of drug-likeness (QED) is 0.384. The maximum atomic E-state index is 12.1. The Morgan fingerprint density at radius 1 is 1.28 bits per heavy atom. The van der Waals surface area contributed by atoms with Gasteiger partial charge in [0.2, 0.25) is 0 Å². The Kier molecular flexibility index (Phi) is 5.52. The minimum atomic E-state index is -4.17. The maximum absolute atomic E-state index is 12.1. The third-order valence-electron chi connectivity index (χ3n) is 4.43. The Hall–Kier alpha value is -2.70. The van der Waals surface area contributed by atoms with Gasteiger partial charge in [0, 0.05) is 0 Å². The summed E-state index contributed by atoms with van der Waals surface area (Å²) >= 11 is 0.454. The van der Waals surface area contributed by atoms with Crippen LogP contribution in [0.3, 0.4) is 0 Å². The molecule has 2 heterocycles. The molecular weight excluding hydrogens is 420 g/mol. The SMILES string of the molecule is CC[C@@H](Nc1c(Nc2nsc(S(N)(=O)=O)c2O)c(=O)c1=O)c1cc(C(C)C)co1. The van der Waals surface area contributed by atoms with Crippen molar-refractivity contribution < 1.29 is 17.9 Å². The highest BCUT2D eigenvalue weighted by Gasteiger charge is 2.28. The van der Waals surface area contributed by atoms with Gasteiger partial charge in [0.15, 0.2) is 15.8 Å². The molecule has 0 fully saturated rings. The van der Waals surface area contributed by atoms with E-state index in [1.807, 2.05) is 26.8 Å². The van der Waals surface area contributed by atoms with Crippen molar-refractivity contribution in [3.05, 3.63) is 44.1 Å². The number of anilines is 3. The molecule has 0 aliphatic heterocycles. The Balaban J connectivity index is 1.88. The molecule has 0 radical (unpaired) electrons. The zero-order valence-corrected chi connectivity index (χ0v) is 17.5. The first-order chi connectivity index (χ1) is 13.5. The summed E-state index contributed by atoms with van der Waals surface area (Å²) in [5, 5.41) is 20.5. The van der Waals surface area contributed by atoms with Gasteiger partial charge in [-0.3, -0.25) is 9.59 Å². The molecular formula is C17H20N4O6S2. The molecule has 3 aromatic rings. The summed E-state index contributed by atoms with van der Waals surface area (Å²) < 4.78 is 31.6. The molecule has 0 saturated heterocycles. The maximum Gasteiger partial charge on any atom is 0.253 e. The van der Waals surface area contributed by atoms with Gasteiger partial charge in [-0.2, -0.15) is 4.37 Å². The molecule has 3 rings (SSSR count). The lowest BCUT2D eigenvalue weighted by Gasteiger charge is -2.19. The van der Waals surface area contributed by atoms with Gasteiger partial charge in [-0.15, -0.1) is 0 Å². The molecule has 2 aromatic heterocycles. The van der Waals surface area contributed by atoms with Gasteiger partial charge in [0.1, 0.15) is 17.1 Å². The first-order valence-corrected chi connectivity index (χ1v) is 11.0. The first kappa shape index (κ1) is 21.0. The van der Waals surface area contributed by atoms with Gasteiger partial charge < -0.3 is 20.2 Å². The van der Waals surface area contributed by atoms with Crippen molar-refractivity contribution in [2.75, 3.05) is 10.6 Å². The Morgan fingerprint density at radius 3 is 2.45 bits per heavy atom. The lowest BCUT2D eigenvalue weighted by Crippen LogP contribution is -2.37. The predicted octanol–water partition coefficient (Wildman–Crippen LogP) is 2.12. The molecule has 0 amide bonds. The number of rotatable bonds is 8. The molecule has 0 aliphatic rings. The van der Waals surface area contributed by atoms with Gasteiger partial charge in [-0.05, 0) is 35.5 Å². The van der Waals surface area contributed by atoms with Crippen LogP contribution in [-0.4, -0.2) is 17.9 Å². The van der Waals surface area contributed by atoms with Crippen LogP contribution in [0, 0.1) is 0 Å². The summed E-state index contributed by atoms with van der Waals surface area (Å²) in [5.41, 5.74) is -0.650. The van der Waals surface area contributed by atoms with Crippen molar-refractivity contribution in [1.29, 1.82) is 0 Å². The fourth-order valence-corrected chi connectivity index (χ4v) is 4.09. The van der Waals surface area contributed by atoms with Gasteiger partial charge >= 0.3 is 0 Å². The molecule has 29 heavy (non-hydrogen) atoms. The van der Waals surface area contributed by atoms with E-state index in [4.69, 9.17) is 9.56 Å². The van der Waals surface area contributed by atoms with Crippen molar-refractivity contribution >= 4 is 38.7 Å². The van der Waals surface area contributed by atoms with E-state index in [9.17, 15) is 23.1 Å². The summed E-state index contributed by atoms with van der Waals surface area (Å²) in [6, 6.07) is 1.52. The van der Waals surface area contributed by atoms with Crippen molar-refractivity contribution in [2.24, 2.45) is 5.14 Å². The molecule has 0 spiro atoms. The minimum Gasteiger partial charge on any atom is -0.503 e. The van der Waals surface area contributed by atoms with Crippen LogP contribution in [0.25, 0.3) is 0 Å². The number of nitrogens with one attached hydrogen (secondary N) is 2. The summed E-state index contributed by atoms with van der Waals surface area (Å²) in [7, 11) is -4.17. The number of aromatic hydroxyl groups is 1. The lowest BCUT2D eigenvalue weighted by molar-refractivity contribution is 0.465. The highest BCUT2D eigenvalue weighted by molar-refractivity contribution is 7.91. The zero-order valence-electron chi connectivity index (χ0n) is 15.8. The first-order valence-electron chi connectivity index (χ1n) is 8.71. The fraction of sp³-hybridized carbons (Fsp3) is 0.353. The van der Waals surface area contributed by atoms with Crippen molar-refractivity contribution in [3.8, 4) is 5.75 Å². The number of aromatic nitrogens is 1. The van der Waals surface area contributed by atoms with Gasteiger partial charge in [0.25, 0.3) is 20.9 Å². The van der Waals surface area contributed by atoms with E-state index in [-0.39, 0.29) is 29.2 Å². The van der Waals surface area contributed by atoms with E-state index in [1.165, 1.54) is 0 Å². The van der Waals surface area contributed by atoms with E-state index in [2.05, 4.69) is 15.0 Å². The molecule has 5 N–H and O–H groups in total. The molecule has 1 atom stereocenters. The predicted molar refractivity (Wildman–Crippen MR) is 109 cm³/mol. The number of nitrogens with two attached hydrogens (primary N) is 1. The van der Waals surface area contributed by atoms with Crippen LogP contribution in [0.5, 0.6) is 5.75 Å². The summed E-state index contributed by atoms with van der Waals surface area (Å²) in [4.78, 5) is 24.1. The van der Waals surface area contributed by atoms with Crippen LogP contribution >= 0.6 is 11.5 Å². The second kappa shape index (κ2) is 7.61. The third-order valence-corrected chi connectivity index (χ3v) is 6.69. The molecule has 0 bridgehead atoms. The monoisotopic (exact) mass is 440 g/mol. The second-order valence-electron chi connectivity index (χ2n) is 6.79. The van der Waals surface area contributed by atoms with Crippen LogP contribution in [0.4, 0.5) is 17.2 Å². The average molecular weight is 441 g/mol. The van der Waals surface area contributed by atoms with Crippen molar-refractivity contribution in [1.82, 2.24) is 4.37 Å². The highest BCUT2D eigenvalue weighted by atomic mass is 32.2. The van der Waals surface area contributed by atoms with E-state index in [0.717, 1.165) is 5.56 Å². The Morgan fingerprint density at radius 2 is 1.93 bits per heavy atom. The molecule has 0 aliphatic carbocycles. The van der Waals surface area contributed by atoms with Crippen LogP contribution in [0.1, 0.15) is 50.5 Å². The number of sulfonamides is 1. The van der Waals surface area contributed by atoms with Crippen LogP contribution in [-0.2, 0) is 10.0 Å². The number of primary sulfonamides is 1. The van der Waals surface area contributed by atoms with Crippen molar-refractivity contribution in [2.45, 2.75) is 43.4 Å². The minimum absolute atomic E-state index is 0.00824. The number of hydrogen-bond acceptors (Lipinski definition) is 10. The van der Waals surface area contributed by atoms with E-state index in [0.29, 0.717) is 23.7 Å². The van der Waals surface area contributed by atoms with Crippen molar-refractivity contribution in [3.63, 3.8) is 0 Å². The molecule has 0 unspecified atom stereocenters. The molecule has 12 heteroatoms. The molecule has 0 saturated carbocycles. The van der Waals surface area contributed by atoms with Crippen LogP contribution < -0.4 is 26.6 Å². The third kappa shape index (κ3) is 3.91. The van der Waals surface area contributed by atoms with Gasteiger partial charge in [0.05, 0.1) is 12.3 Å². The topological polar surface area (TPSA) is 165 Å². The van der Waals surface area contributed by atoms with Gasteiger partial charge in [-0.1, -0.05) is 20.8 Å².